The maximum atomic E-state index is 12.9. The second-order valence-electron chi connectivity index (χ2n) is 5.60. The molecule has 1 aliphatic rings. The average molecular weight is 311 g/mol. The Morgan fingerprint density at radius 2 is 2.00 bits per heavy atom. The number of halogens is 1. The van der Waals surface area contributed by atoms with Crippen molar-refractivity contribution >= 4 is 34.1 Å². The van der Waals surface area contributed by atoms with E-state index in [4.69, 9.17) is 11.6 Å². The van der Waals surface area contributed by atoms with E-state index in [1.165, 1.54) is 5.56 Å². The van der Waals surface area contributed by atoms with E-state index in [9.17, 15) is 4.79 Å². The minimum atomic E-state index is 0.0134. The first-order chi connectivity index (χ1) is 10.7. The zero-order chi connectivity index (χ0) is 15.1. The van der Waals surface area contributed by atoms with Gasteiger partial charge in [0.2, 0.25) is 0 Å². The molecule has 1 amide bonds. The molecule has 1 aromatic heterocycles. The van der Waals surface area contributed by atoms with Gasteiger partial charge >= 0.3 is 0 Å². The third kappa shape index (κ3) is 2.18. The van der Waals surface area contributed by atoms with Crippen LogP contribution in [0.3, 0.4) is 0 Å². The number of para-hydroxylation sites is 1. The number of hydrogen-bond acceptors (Lipinski definition) is 1. The Kier molecular flexibility index (Phi) is 3.16. The first kappa shape index (κ1) is 13.4. The van der Waals surface area contributed by atoms with Crippen molar-refractivity contribution in [3.05, 3.63) is 64.8 Å². The Morgan fingerprint density at radius 3 is 2.91 bits per heavy atom. The first-order valence-corrected chi connectivity index (χ1v) is 7.78. The minimum absolute atomic E-state index is 0.0134. The van der Waals surface area contributed by atoms with Gasteiger partial charge in [-0.25, -0.2) is 0 Å². The number of anilines is 1. The summed E-state index contributed by atoms with van der Waals surface area (Å²) in [7, 11) is 0. The SMILES string of the molecule is O=C(c1cc2ccc(Cl)cc2[nH]1)N1CCCc2ccccc21. The third-order valence-electron chi connectivity index (χ3n) is 4.17. The predicted octanol–water partition coefficient (Wildman–Crippen LogP) is 4.41. The quantitative estimate of drug-likeness (QED) is 0.710. The fourth-order valence-corrected chi connectivity index (χ4v) is 3.28. The summed E-state index contributed by atoms with van der Waals surface area (Å²) in [6, 6.07) is 15.6. The highest BCUT2D eigenvalue weighted by Gasteiger charge is 2.24. The van der Waals surface area contributed by atoms with Crippen LogP contribution in [0.2, 0.25) is 5.02 Å². The summed E-state index contributed by atoms with van der Waals surface area (Å²) in [4.78, 5) is 17.9. The molecule has 3 nitrogen and oxygen atoms in total. The van der Waals surface area contributed by atoms with Crippen molar-refractivity contribution < 1.29 is 4.79 Å². The molecule has 0 bridgehead atoms. The largest absolute Gasteiger partial charge is 0.350 e. The van der Waals surface area contributed by atoms with Crippen molar-refractivity contribution in [1.29, 1.82) is 0 Å². The second-order valence-corrected chi connectivity index (χ2v) is 6.04. The van der Waals surface area contributed by atoms with Crippen molar-refractivity contribution in [3.63, 3.8) is 0 Å². The van der Waals surface area contributed by atoms with Gasteiger partial charge in [0.25, 0.3) is 5.91 Å². The van der Waals surface area contributed by atoms with Crippen LogP contribution >= 0.6 is 11.6 Å². The molecule has 0 radical (unpaired) electrons. The summed E-state index contributed by atoms with van der Waals surface area (Å²) in [5, 5.41) is 1.66. The van der Waals surface area contributed by atoms with Crippen LogP contribution in [0.1, 0.15) is 22.5 Å². The number of nitrogens with one attached hydrogen (secondary N) is 1. The number of hydrogen-bond donors (Lipinski definition) is 1. The topological polar surface area (TPSA) is 36.1 Å². The number of amides is 1. The second kappa shape index (κ2) is 5.18. The lowest BCUT2D eigenvalue weighted by molar-refractivity contribution is 0.0981. The van der Waals surface area contributed by atoms with Crippen LogP contribution in [0.15, 0.2) is 48.5 Å². The average Bonchev–Trinajstić information content (AvgIpc) is 2.96. The molecule has 0 saturated heterocycles. The fourth-order valence-electron chi connectivity index (χ4n) is 3.10. The Labute approximate surface area is 133 Å². The highest BCUT2D eigenvalue weighted by Crippen LogP contribution is 2.29. The molecule has 110 valence electrons. The van der Waals surface area contributed by atoms with Gasteiger partial charge < -0.3 is 9.88 Å². The summed E-state index contributed by atoms with van der Waals surface area (Å²) in [6.07, 6.45) is 2.02. The Hall–Kier alpha value is -2.26. The number of nitrogens with zero attached hydrogens (tertiary/aromatic N) is 1. The normalized spacial score (nSPS) is 14.1. The predicted molar refractivity (Wildman–Crippen MR) is 89.7 cm³/mol. The standard InChI is InChI=1S/C18H15ClN2O/c19-14-8-7-13-10-16(20-15(13)11-14)18(22)21-9-3-5-12-4-1-2-6-17(12)21/h1-2,4,6-8,10-11,20H,3,5,9H2. The van der Waals surface area contributed by atoms with E-state index in [1.54, 1.807) is 0 Å². The Bertz CT molecular complexity index is 868. The van der Waals surface area contributed by atoms with E-state index in [-0.39, 0.29) is 5.91 Å². The van der Waals surface area contributed by atoms with E-state index >= 15 is 0 Å². The van der Waals surface area contributed by atoms with Gasteiger partial charge in [0.05, 0.1) is 0 Å². The van der Waals surface area contributed by atoms with E-state index in [2.05, 4.69) is 11.1 Å². The first-order valence-electron chi connectivity index (χ1n) is 7.40. The summed E-state index contributed by atoms with van der Waals surface area (Å²) >= 11 is 6.01. The van der Waals surface area contributed by atoms with E-state index < -0.39 is 0 Å². The lowest BCUT2D eigenvalue weighted by Gasteiger charge is -2.29. The molecule has 0 aliphatic carbocycles. The number of carbonyl (C=O) groups is 1. The maximum absolute atomic E-state index is 12.9. The van der Waals surface area contributed by atoms with Crippen LogP contribution in [0.25, 0.3) is 10.9 Å². The molecule has 4 heteroatoms. The number of aryl methyl sites for hydroxylation is 1. The van der Waals surface area contributed by atoms with E-state index in [0.717, 1.165) is 36.0 Å². The fraction of sp³-hybridized carbons (Fsp3) is 0.167. The molecule has 2 aromatic carbocycles. The third-order valence-corrected chi connectivity index (χ3v) is 4.41. The molecule has 2 heterocycles. The van der Waals surface area contributed by atoms with Gasteiger partial charge in [0.1, 0.15) is 5.69 Å². The molecule has 0 fully saturated rings. The molecule has 0 unspecified atom stereocenters. The molecule has 3 aromatic rings. The summed E-state index contributed by atoms with van der Waals surface area (Å²) < 4.78 is 0. The summed E-state index contributed by atoms with van der Waals surface area (Å²) in [5.41, 5.74) is 3.76. The molecule has 1 N–H and O–H groups in total. The highest BCUT2D eigenvalue weighted by atomic mass is 35.5. The number of benzene rings is 2. The van der Waals surface area contributed by atoms with Crippen LogP contribution in [0.5, 0.6) is 0 Å². The molecular formula is C18H15ClN2O. The van der Waals surface area contributed by atoms with Crippen LogP contribution in [0.4, 0.5) is 5.69 Å². The smallest absolute Gasteiger partial charge is 0.274 e. The van der Waals surface area contributed by atoms with Gasteiger partial charge in [-0.3, -0.25) is 4.79 Å². The van der Waals surface area contributed by atoms with Gasteiger partial charge in [-0.15, -0.1) is 0 Å². The van der Waals surface area contributed by atoms with Crippen LogP contribution in [0, 0.1) is 0 Å². The number of aromatic amines is 1. The molecule has 1 aliphatic heterocycles. The van der Waals surface area contributed by atoms with Crippen LogP contribution in [-0.4, -0.2) is 17.4 Å². The number of aromatic nitrogens is 1. The van der Waals surface area contributed by atoms with Crippen LogP contribution in [-0.2, 0) is 6.42 Å². The number of carbonyl (C=O) groups excluding carboxylic acids is 1. The lowest BCUT2D eigenvalue weighted by Crippen LogP contribution is -2.35. The Balaban J connectivity index is 1.75. The van der Waals surface area contributed by atoms with Crippen molar-refractivity contribution in [2.75, 3.05) is 11.4 Å². The van der Waals surface area contributed by atoms with E-state index in [0.29, 0.717) is 10.7 Å². The van der Waals surface area contributed by atoms with E-state index in [1.807, 2.05) is 47.4 Å². The monoisotopic (exact) mass is 310 g/mol. The molecule has 0 spiro atoms. The van der Waals surface area contributed by atoms with Crippen molar-refractivity contribution in [2.24, 2.45) is 0 Å². The zero-order valence-electron chi connectivity index (χ0n) is 12.0. The molecular weight excluding hydrogens is 296 g/mol. The van der Waals surface area contributed by atoms with Crippen molar-refractivity contribution in [2.45, 2.75) is 12.8 Å². The zero-order valence-corrected chi connectivity index (χ0v) is 12.7. The Morgan fingerprint density at radius 1 is 1.14 bits per heavy atom. The van der Waals surface area contributed by atoms with Gasteiger partial charge in [-0.2, -0.15) is 0 Å². The van der Waals surface area contributed by atoms with Gasteiger partial charge in [-0.05, 0) is 42.7 Å². The molecule has 4 rings (SSSR count). The molecule has 22 heavy (non-hydrogen) atoms. The van der Waals surface area contributed by atoms with Gasteiger partial charge in [0, 0.05) is 28.2 Å². The highest BCUT2D eigenvalue weighted by molar-refractivity contribution is 6.31. The summed E-state index contributed by atoms with van der Waals surface area (Å²) in [5.74, 6) is 0.0134. The van der Waals surface area contributed by atoms with Gasteiger partial charge in [-0.1, -0.05) is 35.9 Å². The van der Waals surface area contributed by atoms with Gasteiger partial charge in [0.15, 0.2) is 0 Å². The number of fused-ring (bicyclic) bond motifs is 2. The van der Waals surface area contributed by atoms with Crippen molar-refractivity contribution in [3.8, 4) is 0 Å². The molecule has 0 saturated carbocycles. The lowest BCUT2D eigenvalue weighted by atomic mass is 10.0. The number of H-pyrrole nitrogens is 1. The van der Waals surface area contributed by atoms with Crippen LogP contribution < -0.4 is 4.90 Å². The van der Waals surface area contributed by atoms with Crippen molar-refractivity contribution in [1.82, 2.24) is 4.98 Å². The minimum Gasteiger partial charge on any atom is -0.350 e. The molecule has 0 atom stereocenters. The maximum Gasteiger partial charge on any atom is 0.274 e. The number of rotatable bonds is 1. The summed E-state index contributed by atoms with van der Waals surface area (Å²) in [6.45, 7) is 0.756.